The molecule has 0 aliphatic carbocycles. The van der Waals surface area contributed by atoms with E-state index in [9.17, 15) is 4.79 Å². The minimum absolute atomic E-state index is 0.172. The van der Waals surface area contributed by atoms with E-state index in [4.69, 9.17) is 4.74 Å². The van der Waals surface area contributed by atoms with Gasteiger partial charge in [-0.25, -0.2) is 0 Å². The Labute approximate surface area is 112 Å². The van der Waals surface area contributed by atoms with Crippen LogP contribution in [0.1, 0.15) is 59.8 Å². The molecule has 1 atom stereocenters. The van der Waals surface area contributed by atoms with Gasteiger partial charge in [0.2, 0.25) is 0 Å². The lowest BCUT2D eigenvalue weighted by Gasteiger charge is -2.22. The molecule has 0 saturated carbocycles. The van der Waals surface area contributed by atoms with Crippen LogP contribution in [0.3, 0.4) is 0 Å². The SMILES string of the molecule is C=CCCCCCCNC(C)C(=O)OC(C)(C)C. The third-order valence-corrected chi connectivity index (χ3v) is 2.55. The number of carbonyl (C=O) groups excluding carboxylic acids is 1. The first-order valence-corrected chi connectivity index (χ1v) is 6.94. The van der Waals surface area contributed by atoms with Gasteiger partial charge in [0.1, 0.15) is 11.6 Å². The molecule has 0 heterocycles. The highest BCUT2D eigenvalue weighted by Gasteiger charge is 2.20. The van der Waals surface area contributed by atoms with Gasteiger partial charge in [0.05, 0.1) is 0 Å². The number of carbonyl (C=O) groups is 1. The molecule has 0 rings (SSSR count). The molecule has 0 aromatic heterocycles. The fraction of sp³-hybridized carbons (Fsp3) is 0.800. The third kappa shape index (κ3) is 10.3. The second kappa shape index (κ2) is 9.15. The Kier molecular flexibility index (Phi) is 8.73. The molecule has 0 fully saturated rings. The predicted molar refractivity (Wildman–Crippen MR) is 76.6 cm³/mol. The van der Waals surface area contributed by atoms with Crippen LogP contribution in [0.5, 0.6) is 0 Å². The maximum Gasteiger partial charge on any atom is 0.323 e. The van der Waals surface area contributed by atoms with Crippen molar-refractivity contribution >= 4 is 5.97 Å². The Hall–Kier alpha value is -0.830. The molecule has 0 aliphatic heterocycles. The number of hydrogen-bond donors (Lipinski definition) is 1. The van der Waals surface area contributed by atoms with E-state index in [-0.39, 0.29) is 12.0 Å². The normalized spacial score (nSPS) is 13.1. The van der Waals surface area contributed by atoms with Crippen molar-refractivity contribution in [3.05, 3.63) is 12.7 Å². The van der Waals surface area contributed by atoms with Crippen molar-refractivity contribution in [3.8, 4) is 0 Å². The van der Waals surface area contributed by atoms with E-state index in [0.717, 1.165) is 19.4 Å². The van der Waals surface area contributed by atoms with E-state index in [1.807, 2.05) is 33.8 Å². The fourth-order valence-corrected chi connectivity index (χ4v) is 1.56. The number of nitrogens with one attached hydrogen (secondary N) is 1. The topological polar surface area (TPSA) is 38.3 Å². The molecule has 1 unspecified atom stereocenters. The van der Waals surface area contributed by atoms with Gasteiger partial charge in [-0.15, -0.1) is 6.58 Å². The van der Waals surface area contributed by atoms with Crippen molar-refractivity contribution in [2.45, 2.75) is 71.4 Å². The van der Waals surface area contributed by atoms with Crippen LogP contribution < -0.4 is 5.32 Å². The number of allylic oxidation sites excluding steroid dienone is 1. The molecule has 0 bridgehead atoms. The van der Waals surface area contributed by atoms with E-state index >= 15 is 0 Å². The van der Waals surface area contributed by atoms with Gasteiger partial charge in [-0.2, -0.15) is 0 Å². The van der Waals surface area contributed by atoms with Crippen LogP contribution in [0, 0.1) is 0 Å². The Morgan fingerprint density at radius 3 is 2.44 bits per heavy atom. The van der Waals surface area contributed by atoms with E-state index < -0.39 is 5.60 Å². The third-order valence-electron chi connectivity index (χ3n) is 2.55. The van der Waals surface area contributed by atoms with Crippen LogP contribution in [-0.2, 0) is 9.53 Å². The maximum atomic E-state index is 11.7. The molecule has 3 heteroatoms. The summed E-state index contributed by atoms with van der Waals surface area (Å²) in [4.78, 5) is 11.7. The number of ether oxygens (including phenoxy) is 1. The first-order valence-electron chi connectivity index (χ1n) is 6.94. The monoisotopic (exact) mass is 255 g/mol. The summed E-state index contributed by atoms with van der Waals surface area (Å²) in [5.41, 5.74) is -0.405. The predicted octanol–water partition coefficient (Wildman–Crippen LogP) is 3.44. The Morgan fingerprint density at radius 2 is 1.89 bits per heavy atom. The second-order valence-corrected chi connectivity index (χ2v) is 5.70. The summed E-state index contributed by atoms with van der Waals surface area (Å²) >= 11 is 0. The number of hydrogen-bond acceptors (Lipinski definition) is 3. The summed E-state index contributed by atoms with van der Waals surface area (Å²) in [6, 6.07) is -0.225. The van der Waals surface area contributed by atoms with Crippen molar-refractivity contribution in [1.29, 1.82) is 0 Å². The van der Waals surface area contributed by atoms with Crippen LogP contribution in [-0.4, -0.2) is 24.2 Å². The zero-order valence-corrected chi connectivity index (χ0v) is 12.4. The first-order chi connectivity index (χ1) is 8.37. The van der Waals surface area contributed by atoms with Crippen LogP contribution in [0.25, 0.3) is 0 Å². The molecule has 0 radical (unpaired) electrons. The molecule has 106 valence electrons. The molecule has 3 nitrogen and oxygen atoms in total. The van der Waals surface area contributed by atoms with Crippen molar-refractivity contribution in [3.63, 3.8) is 0 Å². The van der Waals surface area contributed by atoms with Gasteiger partial charge in [-0.1, -0.05) is 18.9 Å². The van der Waals surface area contributed by atoms with Gasteiger partial charge >= 0.3 is 5.97 Å². The smallest absolute Gasteiger partial charge is 0.323 e. The molecule has 0 amide bonds. The molecule has 0 saturated heterocycles. The van der Waals surface area contributed by atoms with Gasteiger partial charge in [0.15, 0.2) is 0 Å². The van der Waals surface area contributed by atoms with Crippen molar-refractivity contribution in [1.82, 2.24) is 5.32 Å². The van der Waals surface area contributed by atoms with E-state index in [1.54, 1.807) is 0 Å². The second-order valence-electron chi connectivity index (χ2n) is 5.70. The lowest BCUT2D eigenvalue weighted by molar-refractivity contribution is -0.156. The van der Waals surface area contributed by atoms with Crippen LogP contribution in [0.15, 0.2) is 12.7 Å². The number of esters is 1. The Balaban J connectivity index is 3.55. The zero-order valence-electron chi connectivity index (χ0n) is 12.4. The fourth-order valence-electron chi connectivity index (χ4n) is 1.56. The van der Waals surface area contributed by atoms with Crippen LogP contribution >= 0.6 is 0 Å². The Morgan fingerprint density at radius 1 is 1.28 bits per heavy atom. The highest BCUT2D eigenvalue weighted by Crippen LogP contribution is 2.08. The van der Waals surface area contributed by atoms with E-state index in [0.29, 0.717) is 0 Å². The van der Waals surface area contributed by atoms with Crippen LogP contribution in [0.2, 0.25) is 0 Å². The van der Waals surface area contributed by atoms with Crippen molar-refractivity contribution in [2.75, 3.05) is 6.54 Å². The molecule has 18 heavy (non-hydrogen) atoms. The van der Waals surface area contributed by atoms with Gasteiger partial charge in [0.25, 0.3) is 0 Å². The average molecular weight is 255 g/mol. The molecular formula is C15H29NO2. The van der Waals surface area contributed by atoms with Crippen molar-refractivity contribution < 1.29 is 9.53 Å². The maximum absolute atomic E-state index is 11.7. The minimum atomic E-state index is -0.405. The summed E-state index contributed by atoms with van der Waals surface area (Å²) in [6.45, 7) is 12.1. The van der Waals surface area contributed by atoms with E-state index in [2.05, 4.69) is 11.9 Å². The highest BCUT2D eigenvalue weighted by molar-refractivity contribution is 5.75. The minimum Gasteiger partial charge on any atom is -0.459 e. The lowest BCUT2D eigenvalue weighted by atomic mass is 10.1. The Bertz CT molecular complexity index is 243. The zero-order chi connectivity index (χ0) is 14.0. The summed E-state index contributed by atoms with van der Waals surface area (Å²) in [7, 11) is 0. The molecule has 1 N–H and O–H groups in total. The molecule has 0 spiro atoms. The molecule has 0 aliphatic rings. The number of rotatable bonds is 9. The van der Waals surface area contributed by atoms with E-state index in [1.165, 1.54) is 19.3 Å². The summed E-state index contributed by atoms with van der Waals surface area (Å²) in [5.74, 6) is -0.172. The summed E-state index contributed by atoms with van der Waals surface area (Å²) in [6.07, 6.45) is 7.80. The summed E-state index contributed by atoms with van der Waals surface area (Å²) in [5, 5.41) is 3.20. The molecule has 0 aromatic rings. The first kappa shape index (κ1) is 17.2. The number of unbranched alkanes of at least 4 members (excludes halogenated alkanes) is 4. The van der Waals surface area contributed by atoms with Gasteiger partial charge in [-0.3, -0.25) is 4.79 Å². The largest absolute Gasteiger partial charge is 0.459 e. The van der Waals surface area contributed by atoms with Gasteiger partial charge < -0.3 is 10.1 Å². The molecule has 0 aromatic carbocycles. The van der Waals surface area contributed by atoms with Crippen LogP contribution in [0.4, 0.5) is 0 Å². The molecular weight excluding hydrogens is 226 g/mol. The average Bonchev–Trinajstić information content (AvgIpc) is 2.25. The van der Waals surface area contributed by atoms with Gasteiger partial charge in [-0.05, 0) is 53.5 Å². The standard InChI is InChI=1S/C15H29NO2/c1-6-7-8-9-10-11-12-16-13(2)14(17)18-15(3,4)5/h6,13,16H,1,7-12H2,2-5H3. The summed E-state index contributed by atoms with van der Waals surface area (Å²) < 4.78 is 5.30. The van der Waals surface area contributed by atoms with Gasteiger partial charge in [0, 0.05) is 0 Å². The quantitative estimate of drug-likeness (QED) is 0.389. The van der Waals surface area contributed by atoms with Crippen molar-refractivity contribution in [2.24, 2.45) is 0 Å². The highest BCUT2D eigenvalue weighted by atomic mass is 16.6. The lowest BCUT2D eigenvalue weighted by Crippen LogP contribution is -2.39.